The number of piperidine rings is 1. The van der Waals surface area contributed by atoms with Crippen molar-refractivity contribution in [2.45, 2.75) is 44.8 Å². The molecule has 0 radical (unpaired) electrons. The summed E-state index contributed by atoms with van der Waals surface area (Å²) >= 11 is 0. The molecule has 1 fully saturated rings. The predicted molar refractivity (Wildman–Crippen MR) is 108 cm³/mol. The molecule has 0 saturated carbocycles. The summed E-state index contributed by atoms with van der Waals surface area (Å²) in [5.41, 5.74) is 8.58. The summed E-state index contributed by atoms with van der Waals surface area (Å²) in [7, 11) is 2.05. The van der Waals surface area contributed by atoms with Gasteiger partial charge in [0.25, 0.3) is 0 Å². The number of nitrogens with zero attached hydrogens (tertiary/aromatic N) is 3. The highest BCUT2D eigenvalue weighted by Gasteiger charge is 2.25. The lowest BCUT2D eigenvalue weighted by Gasteiger charge is -2.38. The third-order valence-corrected chi connectivity index (χ3v) is 4.95. The van der Waals surface area contributed by atoms with Gasteiger partial charge in [0.2, 0.25) is 0 Å². The zero-order valence-corrected chi connectivity index (χ0v) is 16.0. The molecule has 0 spiro atoms. The Morgan fingerprint density at radius 2 is 1.96 bits per heavy atom. The van der Waals surface area contributed by atoms with Crippen molar-refractivity contribution in [2.24, 2.45) is 5.73 Å². The summed E-state index contributed by atoms with van der Waals surface area (Å²) in [6.07, 6.45) is 5.77. The molecular formula is C20H29ClN4. The van der Waals surface area contributed by atoms with E-state index < -0.39 is 0 Å². The Labute approximate surface area is 157 Å². The van der Waals surface area contributed by atoms with Crippen LogP contribution in [0.2, 0.25) is 0 Å². The largest absolute Gasteiger partial charge is 0.329 e. The van der Waals surface area contributed by atoms with Crippen molar-refractivity contribution < 1.29 is 0 Å². The van der Waals surface area contributed by atoms with E-state index in [1.165, 1.54) is 24.8 Å². The summed E-state index contributed by atoms with van der Waals surface area (Å²) < 4.78 is 0. The molecule has 2 atom stereocenters. The fourth-order valence-corrected chi connectivity index (χ4v) is 3.54. The van der Waals surface area contributed by atoms with E-state index in [2.05, 4.69) is 46.0 Å². The summed E-state index contributed by atoms with van der Waals surface area (Å²) in [5, 5.41) is 0. The third-order valence-electron chi connectivity index (χ3n) is 4.95. The van der Waals surface area contributed by atoms with Crippen molar-refractivity contribution in [2.75, 3.05) is 18.5 Å². The van der Waals surface area contributed by atoms with Gasteiger partial charge in [0, 0.05) is 37.6 Å². The Kier molecular flexibility index (Phi) is 7.24. The number of nitrogens with two attached hydrogens (primary N) is 1. The van der Waals surface area contributed by atoms with E-state index in [0.29, 0.717) is 6.04 Å². The quantitative estimate of drug-likeness (QED) is 0.876. The highest BCUT2D eigenvalue weighted by atomic mass is 35.5. The molecule has 2 aromatic rings. The molecule has 0 amide bonds. The molecule has 1 saturated heterocycles. The average Bonchev–Trinajstić information content (AvgIpc) is 2.63. The summed E-state index contributed by atoms with van der Waals surface area (Å²) in [5.74, 6) is 0.965. The fourth-order valence-electron chi connectivity index (χ4n) is 3.54. The van der Waals surface area contributed by atoms with Gasteiger partial charge in [-0.05, 0) is 50.1 Å². The number of hydrogen-bond acceptors (Lipinski definition) is 4. The molecular weight excluding hydrogens is 332 g/mol. The summed E-state index contributed by atoms with van der Waals surface area (Å²) in [6, 6.07) is 15.3. The molecule has 1 aromatic carbocycles. The minimum absolute atomic E-state index is 0. The lowest BCUT2D eigenvalue weighted by atomic mass is 9.96. The van der Waals surface area contributed by atoms with Crippen LogP contribution in [0, 0.1) is 0 Å². The van der Waals surface area contributed by atoms with E-state index in [1.807, 2.05) is 31.4 Å². The van der Waals surface area contributed by atoms with E-state index in [0.717, 1.165) is 24.6 Å². The molecule has 25 heavy (non-hydrogen) atoms. The summed E-state index contributed by atoms with van der Waals surface area (Å²) in [6.45, 7) is 4.20. The number of hydrogen-bond donors (Lipinski definition) is 1. The molecule has 2 unspecified atom stereocenters. The molecule has 1 aliphatic heterocycles. The minimum atomic E-state index is 0. The Balaban J connectivity index is 0.00000225. The minimum Gasteiger partial charge on any atom is -0.329 e. The van der Waals surface area contributed by atoms with Crippen molar-refractivity contribution in [3.8, 4) is 0 Å². The molecule has 0 aliphatic carbocycles. The van der Waals surface area contributed by atoms with Crippen molar-refractivity contribution >= 4 is 23.9 Å². The van der Waals surface area contributed by atoms with Crippen molar-refractivity contribution in [1.29, 1.82) is 0 Å². The van der Waals surface area contributed by atoms with Gasteiger partial charge in [-0.2, -0.15) is 0 Å². The van der Waals surface area contributed by atoms with Crippen LogP contribution in [0.25, 0.3) is 0 Å². The molecule has 1 aliphatic rings. The van der Waals surface area contributed by atoms with Gasteiger partial charge in [0.15, 0.2) is 0 Å². The highest BCUT2D eigenvalue weighted by Crippen LogP contribution is 2.23. The van der Waals surface area contributed by atoms with E-state index in [1.54, 1.807) is 0 Å². The topological polar surface area (TPSA) is 45.4 Å². The van der Waals surface area contributed by atoms with Crippen LogP contribution in [0.5, 0.6) is 0 Å². The first kappa shape index (κ1) is 19.7. The van der Waals surface area contributed by atoms with Gasteiger partial charge in [-0.1, -0.05) is 30.7 Å². The van der Waals surface area contributed by atoms with Crippen LogP contribution in [0.3, 0.4) is 0 Å². The first-order valence-corrected chi connectivity index (χ1v) is 8.88. The Bertz CT molecular complexity index is 630. The molecule has 1 aromatic heterocycles. The van der Waals surface area contributed by atoms with E-state index in [-0.39, 0.29) is 18.4 Å². The highest BCUT2D eigenvalue weighted by molar-refractivity contribution is 5.85. The van der Waals surface area contributed by atoms with Crippen molar-refractivity contribution in [1.82, 2.24) is 9.88 Å². The number of aromatic nitrogens is 1. The number of halogens is 1. The number of likely N-dealkylation sites (tertiary alicyclic amines) is 1. The number of benzene rings is 1. The van der Waals surface area contributed by atoms with Crippen molar-refractivity contribution in [3.63, 3.8) is 0 Å². The number of para-hydroxylation sites is 1. The molecule has 2 heterocycles. The van der Waals surface area contributed by atoms with Gasteiger partial charge in [-0.25, -0.2) is 4.98 Å². The summed E-state index contributed by atoms with van der Waals surface area (Å²) in [4.78, 5) is 9.28. The standard InChI is InChI=1S/C20H28N4.ClH/c1-16(21)19-10-6-7-13-24(19)15-17-11-12-20(22-14-17)23(2)18-8-4-3-5-9-18;/h3-5,8-9,11-12,14,16,19H,6-7,10,13,15,21H2,1-2H3;1H. The molecule has 3 rings (SSSR count). The molecule has 136 valence electrons. The van der Waals surface area contributed by atoms with Crippen LogP contribution in [0.15, 0.2) is 48.7 Å². The van der Waals surface area contributed by atoms with Crippen LogP contribution in [0.4, 0.5) is 11.5 Å². The second kappa shape index (κ2) is 9.18. The van der Waals surface area contributed by atoms with Gasteiger partial charge < -0.3 is 10.6 Å². The molecule has 0 bridgehead atoms. The smallest absolute Gasteiger partial charge is 0.132 e. The lowest BCUT2D eigenvalue weighted by molar-refractivity contribution is 0.123. The van der Waals surface area contributed by atoms with Crippen LogP contribution in [-0.2, 0) is 6.54 Å². The zero-order chi connectivity index (χ0) is 16.9. The number of pyridine rings is 1. The Morgan fingerprint density at radius 1 is 1.20 bits per heavy atom. The second-order valence-electron chi connectivity index (χ2n) is 6.81. The SMILES string of the molecule is CC(N)C1CCCCN1Cc1ccc(N(C)c2ccccc2)nc1.Cl. The predicted octanol–water partition coefficient (Wildman–Crippen LogP) is 3.97. The molecule has 2 N–H and O–H groups in total. The van der Waals surface area contributed by atoms with E-state index in [4.69, 9.17) is 5.73 Å². The maximum Gasteiger partial charge on any atom is 0.132 e. The number of anilines is 2. The molecule has 4 nitrogen and oxygen atoms in total. The zero-order valence-electron chi connectivity index (χ0n) is 15.1. The van der Waals surface area contributed by atoms with Crippen LogP contribution in [-0.4, -0.2) is 35.6 Å². The first-order valence-electron chi connectivity index (χ1n) is 8.88. The van der Waals surface area contributed by atoms with Crippen LogP contribution < -0.4 is 10.6 Å². The maximum atomic E-state index is 6.18. The number of rotatable bonds is 5. The molecule has 5 heteroatoms. The van der Waals surface area contributed by atoms with Crippen molar-refractivity contribution in [3.05, 3.63) is 54.2 Å². The van der Waals surface area contributed by atoms with Gasteiger partial charge in [0.1, 0.15) is 5.82 Å². The fraction of sp³-hybridized carbons (Fsp3) is 0.450. The lowest BCUT2D eigenvalue weighted by Crippen LogP contribution is -2.48. The third kappa shape index (κ3) is 4.94. The van der Waals surface area contributed by atoms with E-state index in [9.17, 15) is 0 Å². The van der Waals surface area contributed by atoms with Crippen LogP contribution in [0.1, 0.15) is 31.7 Å². The van der Waals surface area contributed by atoms with Gasteiger partial charge >= 0.3 is 0 Å². The van der Waals surface area contributed by atoms with Crippen LogP contribution >= 0.6 is 12.4 Å². The van der Waals surface area contributed by atoms with Gasteiger partial charge in [0.05, 0.1) is 0 Å². The Hall–Kier alpha value is -1.62. The average molecular weight is 361 g/mol. The van der Waals surface area contributed by atoms with Gasteiger partial charge in [-0.15, -0.1) is 12.4 Å². The first-order chi connectivity index (χ1) is 11.6. The monoisotopic (exact) mass is 360 g/mol. The van der Waals surface area contributed by atoms with E-state index >= 15 is 0 Å². The maximum absolute atomic E-state index is 6.18. The van der Waals surface area contributed by atoms with Gasteiger partial charge in [-0.3, -0.25) is 4.90 Å². The second-order valence-corrected chi connectivity index (χ2v) is 6.81. The normalized spacial score (nSPS) is 19.1. The Morgan fingerprint density at radius 3 is 2.60 bits per heavy atom.